The van der Waals surface area contributed by atoms with Gasteiger partial charge in [0, 0.05) is 15.8 Å². The van der Waals surface area contributed by atoms with Crippen LogP contribution in [-0.4, -0.2) is 23.2 Å². The number of pyridine rings is 1. The van der Waals surface area contributed by atoms with Gasteiger partial charge in [-0.1, -0.05) is 17.7 Å². The number of ether oxygens (including phenoxy) is 1. The first-order valence-electron chi connectivity index (χ1n) is 5.90. The summed E-state index contributed by atoms with van der Waals surface area (Å²) >= 11 is 5.94. The van der Waals surface area contributed by atoms with Crippen molar-refractivity contribution in [2.45, 2.75) is 0 Å². The standard InChI is InChI=1S/C15H10ClNO3/c1-20-9-3-5-12-11(7-9)14(15(18)19)10-4-2-8(16)6-13(10)17-12/h2-7H,1H3,(H,18,19). The molecule has 4 nitrogen and oxygen atoms in total. The number of aromatic carboxylic acids is 1. The quantitative estimate of drug-likeness (QED) is 0.729. The average molecular weight is 288 g/mol. The summed E-state index contributed by atoms with van der Waals surface area (Å²) in [5.41, 5.74) is 1.37. The van der Waals surface area contributed by atoms with Gasteiger partial charge in [0.2, 0.25) is 0 Å². The second kappa shape index (κ2) is 4.65. The van der Waals surface area contributed by atoms with Crippen molar-refractivity contribution >= 4 is 39.4 Å². The number of methoxy groups -OCH3 is 1. The third-order valence-electron chi connectivity index (χ3n) is 3.16. The number of carboxylic acid groups (broad SMARTS) is 1. The van der Waals surface area contributed by atoms with Gasteiger partial charge < -0.3 is 9.84 Å². The zero-order valence-electron chi connectivity index (χ0n) is 10.6. The molecule has 100 valence electrons. The Kier molecular flexibility index (Phi) is 2.95. The van der Waals surface area contributed by atoms with E-state index in [1.165, 1.54) is 7.11 Å². The first-order valence-corrected chi connectivity index (χ1v) is 6.28. The topological polar surface area (TPSA) is 59.4 Å². The molecule has 1 N–H and O–H groups in total. The Hall–Kier alpha value is -2.33. The van der Waals surface area contributed by atoms with Crippen LogP contribution in [0.4, 0.5) is 0 Å². The van der Waals surface area contributed by atoms with Crippen LogP contribution in [-0.2, 0) is 0 Å². The van der Waals surface area contributed by atoms with E-state index in [0.717, 1.165) is 0 Å². The molecule has 0 unspecified atom stereocenters. The molecule has 0 spiro atoms. The van der Waals surface area contributed by atoms with Gasteiger partial charge in [-0.3, -0.25) is 0 Å². The highest BCUT2D eigenvalue weighted by molar-refractivity contribution is 6.31. The number of rotatable bonds is 2. The molecule has 2 aromatic carbocycles. The summed E-state index contributed by atoms with van der Waals surface area (Å²) in [6.07, 6.45) is 0. The van der Waals surface area contributed by atoms with Crippen LogP contribution in [0.15, 0.2) is 36.4 Å². The normalized spacial score (nSPS) is 10.9. The Labute approximate surface area is 119 Å². The van der Waals surface area contributed by atoms with Crippen LogP contribution in [0.1, 0.15) is 10.4 Å². The maximum atomic E-state index is 11.6. The van der Waals surface area contributed by atoms with Crippen molar-refractivity contribution in [1.82, 2.24) is 4.98 Å². The highest BCUT2D eigenvalue weighted by atomic mass is 35.5. The van der Waals surface area contributed by atoms with Crippen LogP contribution in [0.25, 0.3) is 21.8 Å². The molecule has 0 aliphatic heterocycles. The molecule has 0 aliphatic carbocycles. The first-order chi connectivity index (χ1) is 9.60. The average Bonchev–Trinajstić information content (AvgIpc) is 2.43. The number of hydrogen-bond donors (Lipinski definition) is 1. The van der Waals surface area contributed by atoms with Gasteiger partial charge >= 0.3 is 5.97 Å². The number of aromatic nitrogens is 1. The molecule has 3 rings (SSSR count). The van der Waals surface area contributed by atoms with E-state index in [4.69, 9.17) is 16.3 Å². The predicted octanol–water partition coefficient (Wildman–Crippen LogP) is 3.75. The summed E-state index contributed by atoms with van der Waals surface area (Å²) in [5, 5.41) is 11.1. The van der Waals surface area contributed by atoms with E-state index in [1.54, 1.807) is 36.4 Å². The van der Waals surface area contributed by atoms with E-state index < -0.39 is 5.97 Å². The van der Waals surface area contributed by atoms with Crippen molar-refractivity contribution < 1.29 is 14.6 Å². The molecular weight excluding hydrogens is 278 g/mol. The largest absolute Gasteiger partial charge is 0.497 e. The summed E-state index contributed by atoms with van der Waals surface area (Å²) < 4.78 is 5.15. The number of fused-ring (bicyclic) bond motifs is 2. The first kappa shape index (κ1) is 12.7. The van der Waals surface area contributed by atoms with Gasteiger partial charge in [-0.2, -0.15) is 0 Å². The Morgan fingerprint density at radius 2 is 1.95 bits per heavy atom. The molecule has 0 saturated carbocycles. The van der Waals surface area contributed by atoms with Crippen LogP contribution in [0.5, 0.6) is 5.75 Å². The van der Waals surface area contributed by atoms with Gasteiger partial charge in [0.1, 0.15) is 5.75 Å². The molecule has 0 radical (unpaired) electrons. The predicted molar refractivity (Wildman–Crippen MR) is 77.8 cm³/mol. The van der Waals surface area contributed by atoms with Crippen LogP contribution in [0, 0.1) is 0 Å². The summed E-state index contributed by atoms with van der Waals surface area (Å²) in [4.78, 5) is 16.1. The SMILES string of the molecule is COc1ccc2nc3cc(Cl)ccc3c(C(=O)O)c2c1. The van der Waals surface area contributed by atoms with Crippen LogP contribution >= 0.6 is 11.6 Å². The molecule has 5 heteroatoms. The summed E-state index contributed by atoms with van der Waals surface area (Å²) in [5.74, 6) is -0.409. The highest BCUT2D eigenvalue weighted by Gasteiger charge is 2.16. The van der Waals surface area contributed by atoms with Gasteiger partial charge in [0.15, 0.2) is 0 Å². The Balaban J connectivity index is 2.51. The third-order valence-corrected chi connectivity index (χ3v) is 3.39. The fourth-order valence-electron chi connectivity index (χ4n) is 2.25. The van der Waals surface area contributed by atoms with Crippen molar-refractivity contribution in [3.05, 3.63) is 47.0 Å². The molecule has 3 aromatic rings. The van der Waals surface area contributed by atoms with Crippen molar-refractivity contribution in [3.63, 3.8) is 0 Å². The minimum Gasteiger partial charge on any atom is -0.497 e. The summed E-state index contributed by atoms with van der Waals surface area (Å²) in [7, 11) is 1.54. The number of carbonyl (C=O) groups is 1. The number of halogens is 1. The number of carboxylic acids is 1. The molecule has 0 aliphatic rings. The second-order valence-electron chi connectivity index (χ2n) is 4.34. The second-order valence-corrected chi connectivity index (χ2v) is 4.77. The molecule has 0 bridgehead atoms. The smallest absolute Gasteiger partial charge is 0.337 e. The zero-order chi connectivity index (χ0) is 14.3. The Morgan fingerprint density at radius 3 is 2.65 bits per heavy atom. The van der Waals surface area contributed by atoms with E-state index in [0.29, 0.717) is 32.6 Å². The Morgan fingerprint density at radius 1 is 1.15 bits per heavy atom. The van der Waals surface area contributed by atoms with E-state index >= 15 is 0 Å². The van der Waals surface area contributed by atoms with Crippen molar-refractivity contribution in [2.75, 3.05) is 7.11 Å². The molecule has 0 fully saturated rings. The van der Waals surface area contributed by atoms with E-state index in [-0.39, 0.29) is 5.56 Å². The van der Waals surface area contributed by atoms with Crippen LogP contribution in [0.3, 0.4) is 0 Å². The van der Waals surface area contributed by atoms with Crippen molar-refractivity contribution in [2.24, 2.45) is 0 Å². The lowest BCUT2D eigenvalue weighted by atomic mass is 10.0. The summed E-state index contributed by atoms with van der Waals surface area (Å²) in [6.45, 7) is 0. The molecule has 1 heterocycles. The third kappa shape index (κ3) is 1.94. The lowest BCUT2D eigenvalue weighted by molar-refractivity contribution is 0.0701. The van der Waals surface area contributed by atoms with Gasteiger partial charge in [-0.05, 0) is 30.3 Å². The van der Waals surface area contributed by atoms with Crippen LogP contribution < -0.4 is 4.74 Å². The zero-order valence-corrected chi connectivity index (χ0v) is 11.3. The maximum Gasteiger partial charge on any atom is 0.337 e. The van der Waals surface area contributed by atoms with Gasteiger partial charge in [-0.25, -0.2) is 9.78 Å². The fourth-order valence-corrected chi connectivity index (χ4v) is 2.42. The molecule has 0 saturated heterocycles. The monoisotopic (exact) mass is 287 g/mol. The molecule has 20 heavy (non-hydrogen) atoms. The highest BCUT2D eigenvalue weighted by Crippen LogP contribution is 2.30. The minimum absolute atomic E-state index is 0.209. The van der Waals surface area contributed by atoms with Crippen LogP contribution in [0.2, 0.25) is 5.02 Å². The maximum absolute atomic E-state index is 11.6. The lowest BCUT2D eigenvalue weighted by Gasteiger charge is -2.09. The molecule has 1 aromatic heterocycles. The van der Waals surface area contributed by atoms with E-state index in [9.17, 15) is 9.90 Å². The number of nitrogens with zero attached hydrogens (tertiary/aromatic N) is 1. The number of hydrogen-bond acceptors (Lipinski definition) is 3. The van der Waals surface area contributed by atoms with Gasteiger partial charge in [-0.15, -0.1) is 0 Å². The van der Waals surface area contributed by atoms with Crippen molar-refractivity contribution in [3.8, 4) is 5.75 Å². The molecule has 0 atom stereocenters. The molecular formula is C15H10ClNO3. The van der Waals surface area contributed by atoms with Gasteiger partial charge in [0.05, 0.1) is 23.7 Å². The lowest BCUT2D eigenvalue weighted by Crippen LogP contribution is -2.01. The van der Waals surface area contributed by atoms with Crippen molar-refractivity contribution in [1.29, 1.82) is 0 Å². The van der Waals surface area contributed by atoms with E-state index in [1.807, 2.05) is 0 Å². The number of benzene rings is 2. The minimum atomic E-state index is -1.00. The Bertz CT molecular complexity index is 845. The van der Waals surface area contributed by atoms with E-state index in [2.05, 4.69) is 4.98 Å². The fraction of sp³-hybridized carbons (Fsp3) is 0.0667. The van der Waals surface area contributed by atoms with Gasteiger partial charge in [0.25, 0.3) is 0 Å². The summed E-state index contributed by atoms with van der Waals surface area (Å²) in [6, 6.07) is 10.2. The molecule has 0 amide bonds.